The molecule has 0 atom stereocenters. The van der Waals surface area contributed by atoms with Gasteiger partial charge in [0.25, 0.3) is 0 Å². The number of benzene rings is 1. The lowest BCUT2D eigenvalue weighted by molar-refractivity contribution is 0.922. The van der Waals surface area contributed by atoms with E-state index in [2.05, 4.69) is 38.3 Å². The van der Waals surface area contributed by atoms with E-state index in [-0.39, 0.29) is 0 Å². The number of halogens is 2. The van der Waals surface area contributed by atoms with Crippen molar-refractivity contribution in [1.29, 1.82) is 0 Å². The molecule has 3 aromatic rings. The van der Waals surface area contributed by atoms with E-state index < -0.39 is 0 Å². The maximum atomic E-state index is 5.97. The number of aromatic nitrogens is 3. The van der Waals surface area contributed by atoms with Crippen molar-refractivity contribution < 1.29 is 0 Å². The fourth-order valence-corrected chi connectivity index (χ4v) is 2.93. The number of nitrogens with zero attached hydrogens (tertiary/aromatic N) is 3. The van der Waals surface area contributed by atoms with Crippen molar-refractivity contribution in [2.24, 2.45) is 0 Å². The molecule has 100 valence electrons. The van der Waals surface area contributed by atoms with Crippen molar-refractivity contribution in [2.45, 2.75) is 18.8 Å². The Labute approximate surface area is 129 Å². The molecule has 3 nitrogen and oxygen atoms in total. The fourth-order valence-electron chi connectivity index (χ4n) is 2.46. The lowest BCUT2D eigenvalue weighted by Crippen LogP contribution is -1.94. The van der Waals surface area contributed by atoms with E-state index in [0.29, 0.717) is 10.7 Å². The van der Waals surface area contributed by atoms with Gasteiger partial charge in [-0.25, -0.2) is 9.50 Å². The van der Waals surface area contributed by atoms with Crippen LogP contribution in [-0.2, 0) is 0 Å². The second kappa shape index (κ2) is 4.57. The second-order valence-electron chi connectivity index (χ2n) is 5.12. The van der Waals surface area contributed by atoms with E-state index in [1.807, 2.05) is 28.8 Å². The standard InChI is InChI=1S/C15H11BrClN3/c16-15-18-14-13(10-3-5-12(17)6-4-10)7-11(9-1-2-9)8-20(14)19-15/h3-9H,1-2H2. The van der Waals surface area contributed by atoms with Crippen molar-refractivity contribution in [2.75, 3.05) is 0 Å². The van der Waals surface area contributed by atoms with Gasteiger partial charge in [-0.05, 0) is 64.0 Å². The summed E-state index contributed by atoms with van der Waals surface area (Å²) >= 11 is 9.33. The van der Waals surface area contributed by atoms with E-state index in [1.54, 1.807) is 0 Å². The number of hydrogen-bond acceptors (Lipinski definition) is 2. The van der Waals surface area contributed by atoms with Gasteiger partial charge >= 0.3 is 0 Å². The first-order valence-electron chi connectivity index (χ1n) is 6.52. The third-order valence-electron chi connectivity index (χ3n) is 3.63. The average molecular weight is 349 g/mol. The van der Waals surface area contributed by atoms with Crippen LogP contribution in [0.4, 0.5) is 0 Å². The van der Waals surface area contributed by atoms with Crippen LogP contribution in [0.25, 0.3) is 16.8 Å². The molecule has 2 aromatic heterocycles. The van der Waals surface area contributed by atoms with Crippen LogP contribution in [0.15, 0.2) is 41.3 Å². The van der Waals surface area contributed by atoms with Crippen LogP contribution >= 0.6 is 27.5 Å². The van der Waals surface area contributed by atoms with Gasteiger partial charge in [0.1, 0.15) is 0 Å². The first-order chi connectivity index (χ1) is 9.70. The fraction of sp³-hybridized carbons (Fsp3) is 0.200. The minimum Gasteiger partial charge on any atom is -0.219 e. The third kappa shape index (κ3) is 2.13. The molecule has 2 heterocycles. The molecule has 0 bridgehead atoms. The zero-order chi connectivity index (χ0) is 13.7. The van der Waals surface area contributed by atoms with E-state index in [1.165, 1.54) is 18.4 Å². The third-order valence-corrected chi connectivity index (χ3v) is 4.22. The molecule has 0 spiro atoms. The minimum absolute atomic E-state index is 0.612. The summed E-state index contributed by atoms with van der Waals surface area (Å²) in [5, 5.41) is 5.13. The molecular formula is C15H11BrClN3. The molecule has 0 saturated heterocycles. The summed E-state index contributed by atoms with van der Waals surface area (Å²) in [6, 6.07) is 10.1. The van der Waals surface area contributed by atoms with Gasteiger partial charge < -0.3 is 0 Å². The Kier molecular flexibility index (Phi) is 2.82. The van der Waals surface area contributed by atoms with Gasteiger partial charge in [-0.1, -0.05) is 23.7 Å². The predicted molar refractivity (Wildman–Crippen MR) is 83.1 cm³/mol. The molecule has 1 saturated carbocycles. The molecule has 4 rings (SSSR count). The van der Waals surface area contributed by atoms with Crippen LogP contribution < -0.4 is 0 Å². The molecule has 20 heavy (non-hydrogen) atoms. The summed E-state index contributed by atoms with van der Waals surface area (Å²) in [6.45, 7) is 0. The van der Waals surface area contributed by atoms with Gasteiger partial charge in [-0.2, -0.15) is 0 Å². The average Bonchev–Trinajstić information content (AvgIpc) is 3.20. The minimum atomic E-state index is 0.612. The molecule has 1 aromatic carbocycles. The molecule has 0 unspecified atom stereocenters. The van der Waals surface area contributed by atoms with Crippen LogP contribution in [0, 0.1) is 0 Å². The van der Waals surface area contributed by atoms with Crippen molar-refractivity contribution in [3.8, 4) is 11.1 Å². The van der Waals surface area contributed by atoms with Crippen LogP contribution in [0.5, 0.6) is 0 Å². The summed E-state index contributed by atoms with van der Waals surface area (Å²) in [6.07, 6.45) is 4.62. The van der Waals surface area contributed by atoms with Gasteiger partial charge in [-0.3, -0.25) is 0 Å². The Morgan fingerprint density at radius 2 is 1.95 bits per heavy atom. The van der Waals surface area contributed by atoms with Gasteiger partial charge in [0.05, 0.1) is 0 Å². The van der Waals surface area contributed by atoms with E-state index in [9.17, 15) is 0 Å². The van der Waals surface area contributed by atoms with Gasteiger partial charge in [0.15, 0.2) is 5.65 Å². The van der Waals surface area contributed by atoms with Crippen molar-refractivity contribution in [3.63, 3.8) is 0 Å². The zero-order valence-corrected chi connectivity index (χ0v) is 12.9. The quantitative estimate of drug-likeness (QED) is 0.672. The Morgan fingerprint density at radius 1 is 1.20 bits per heavy atom. The van der Waals surface area contributed by atoms with E-state index in [0.717, 1.165) is 21.8 Å². The molecule has 0 aliphatic heterocycles. The first kappa shape index (κ1) is 12.4. The smallest absolute Gasteiger partial charge is 0.218 e. The summed E-state index contributed by atoms with van der Waals surface area (Å²) in [5.74, 6) is 0.674. The summed E-state index contributed by atoms with van der Waals surface area (Å²) in [5.41, 5.74) is 4.41. The largest absolute Gasteiger partial charge is 0.219 e. The van der Waals surface area contributed by atoms with E-state index >= 15 is 0 Å². The Balaban J connectivity index is 1.97. The van der Waals surface area contributed by atoms with Crippen LogP contribution in [0.3, 0.4) is 0 Å². The Hall–Kier alpha value is -1.39. The zero-order valence-electron chi connectivity index (χ0n) is 10.6. The first-order valence-corrected chi connectivity index (χ1v) is 7.69. The molecule has 0 radical (unpaired) electrons. The lowest BCUT2D eigenvalue weighted by atomic mass is 10.0. The van der Waals surface area contributed by atoms with Gasteiger partial charge in [0.2, 0.25) is 4.73 Å². The molecule has 1 fully saturated rings. The van der Waals surface area contributed by atoms with Crippen LogP contribution in [0.1, 0.15) is 24.3 Å². The number of pyridine rings is 1. The van der Waals surface area contributed by atoms with Crippen LogP contribution in [-0.4, -0.2) is 14.6 Å². The normalized spacial score (nSPS) is 14.9. The summed E-state index contributed by atoms with van der Waals surface area (Å²) in [4.78, 5) is 4.47. The Bertz CT molecular complexity index is 791. The maximum Gasteiger partial charge on any atom is 0.218 e. The number of fused-ring (bicyclic) bond motifs is 1. The van der Waals surface area contributed by atoms with Crippen molar-refractivity contribution >= 4 is 33.2 Å². The lowest BCUT2D eigenvalue weighted by Gasteiger charge is -2.07. The van der Waals surface area contributed by atoms with Gasteiger partial charge in [0, 0.05) is 16.8 Å². The summed E-state index contributed by atoms with van der Waals surface area (Å²) < 4.78 is 2.47. The number of hydrogen-bond donors (Lipinski definition) is 0. The van der Waals surface area contributed by atoms with Crippen LogP contribution in [0.2, 0.25) is 5.02 Å². The number of rotatable bonds is 2. The predicted octanol–water partition coefficient (Wildman–Crippen LogP) is 4.69. The molecule has 0 N–H and O–H groups in total. The highest BCUT2D eigenvalue weighted by molar-refractivity contribution is 9.10. The van der Waals surface area contributed by atoms with Crippen molar-refractivity contribution in [3.05, 3.63) is 51.8 Å². The molecule has 5 heteroatoms. The highest BCUT2D eigenvalue weighted by Crippen LogP contribution is 2.41. The maximum absolute atomic E-state index is 5.97. The monoisotopic (exact) mass is 347 g/mol. The highest BCUT2D eigenvalue weighted by atomic mass is 79.9. The molecule has 0 amide bonds. The highest BCUT2D eigenvalue weighted by Gasteiger charge is 2.25. The van der Waals surface area contributed by atoms with Gasteiger partial charge in [-0.15, -0.1) is 5.10 Å². The SMILES string of the molecule is Clc1ccc(-c2cc(C3CC3)cn3nc(Br)nc23)cc1. The molecular weight excluding hydrogens is 338 g/mol. The molecule has 1 aliphatic carbocycles. The van der Waals surface area contributed by atoms with Crippen molar-refractivity contribution in [1.82, 2.24) is 14.6 Å². The summed E-state index contributed by atoms with van der Waals surface area (Å²) in [7, 11) is 0. The van der Waals surface area contributed by atoms with E-state index in [4.69, 9.17) is 11.6 Å². The Morgan fingerprint density at radius 3 is 2.65 bits per heavy atom. The topological polar surface area (TPSA) is 30.2 Å². The second-order valence-corrected chi connectivity index (χ2v) is 6.26. The molecule has 1 aliphatic rings.